The lowest BCUT2D eigenvalue weighted by molar-refractivity contribution is -0.141. The largest absolute Gasteiger partial charge is 0.375 e. The van der Waals surface area contributed by atoms with Crippen LogP contribution >= 0.6 is 9.24 Å². The molecule has 1 aromatic carbocycles. The van der Waals surface area contributed by atoms with Crippen LogP contribution < -0.4 is 0 Å². The molecule has 0 aromatic heterocycles. The summed E-state index contributed by atoms with van der Waals surface area (Å²) >= 11 is 0. The lowest BCUT2D eigenvalue weighted by atomic mass is 9.83. The topological polar surface area (TPSA) is 9.23 Å². The first-order chi connectivity index (χ1) is 8.24. The van der Waals surface area contributed by atoms with E-state index in [1.165, 1.54) is 22.2 Å². The SMILES string of the molecule is CC(c1ccc(C(F)(F)P)cc1F)C1(F)COC1. The minimum atomic E-state index is -3.18. The van der Waals surface area contributed by atoms with Gasteiger partial charge >= 0.3 is 0 Å². The van der Waals surface area contributed by atoms with Crippen LogP contribution in [-0.4, -0.2) is 18.9 Å². The number of hydrogen-bond donors (Lipinski definition) is 0. The molecule has 1 aromatic rings. The molecule has 1 heterocycles. The Morgan fingerprint density at radius 2 is 2.00 bits per heavy atom. The highest BCUT2D eigenvalue weighted by molar-refractivity contribution is 7.17. The van der Waals surface area contributed by atoms with Crippen molar-refractivity contribution in [1.82, 2.24) is 0 Å². The maximum atomic E-state index is 14.1. The van der Waals surface area contributed by atoms with Crippen LogP contribution in [0.3, 0.4) is 0 Å². The van der Waals surface area contributed by atoms with E-state index in [2.05, 4.69) is 0 Å². The van der Waals surface area contributed by atoms with Gasteiger partial charge in [0.25, 0.3) is 5.66 Å². The molecule has 2 unspecified atom stereocenters. The lowest BCUT2D eigenvalue weighted by Crippen LogP contribution is -2.49. The van der Waals surface area contributed by atoms with Gasteiger partial charge in [0.05, 0.1) is 13.2 Å². The van der Waals surface area contributed by atoms with E-state index in [4.69, 9.17) is 4.74 Å². The Balaban J connectivity index is 2.30. The predicted octanol–water partition coefficient (Wildman–Crippen LogP) is 3.59. The van der Waals surface area contributed by atoms with E-state index in [-0.39, 0.29) is 18.8 Å². The Labute approximate surface area is 105 Å². The summed E-state index contributed by atoms with van der Waals surface area (Å²) in [6.45, 7) is 1.35. The van der Waals surface area contributed by atoms with Crippen molar-refractivity contribution < 1.29 is 22.3 Å². The molecule has 0 bridgehead atoms. The maximum Gasteiger partial charge on any atom is 0.283 e. The van der Waals surface area contributed by atoms with Gasteiger partial charge in [-0.1, -0.05) is 28.3 Å². The van der Waals surface area contributed by atoms with E-state index in [9.17, 15) is 17.6 Å². The highest BCUT2D eigenvalue weighted by Crippen LogP contribution is 2.40. The molecule has 1 fully saturated rings. The molecular weight excluding hydrogens is 267 g/mol. The van der Waals surface area contributed by atoms with Gasteiger partial charge in [-0.25, -0.2) is 8.78 Å². The molecule has 0 spiro atoms. The lowest BCUT2D eigenvalue weighted by Gasteiger charge is -2.39. The molecule has 1 aliphatic heterocycles. The molecule has 2 atom stereocenters. The summed E-state index contributed by atoms with van der Waals surface area (Å²) in [5.41, 5.74) is -5.14. The van der Waals surface area contributed by atoms with E-state index in [0.29, 0.717) is 0 Å². The second-order valence-corrected chi connectivity index (χ2v) is 5.33. The monoisotopic (exact) mass is 280 g/mol. The molecule has 1 nitrogen and oxygen atoms in total. The second kappa shape index (κ2) is 4.46. The summed E-state index contributed by atoms with van der Waals surface area (Å²) in [5.74, 6) is -1.54. The van der Waals surface area contributed by atoms with Crippen molar-refractivity contribution in [1.29, 1.82) is 0 Å². The normalized spacial score (nSPS) is 20.3. The third kappa shape index (κ3) is 2.39. The Hall–Kier alpha value is -0.670. The van der Waals surface area contributed by atoms with Crippen molar-refractivity contribution in [2.75, 3.05) is 13.2 Å². The van der Waals surface area contributed by atoms with Crippen LogP contribution in [0.5, 0.6) is 0 Å². The van der Waals surface area contributed by atoms with Crippen molar-refractivity contribution in [2.45, 2.75) is 24.2 Å². The van der Waals surface area contributed by atoms with E-state index in [1.54, 1.807) is 0 Å². The zero-order valence-corrected chi connectivity index (χ0v) is 10.9. The number of benzene rings is 1. The van der Waals surface area contributed by atoms with Gasteiger partial charge in [-0.2, -0.15) is 8.78 Å². The van der Waals surface area contributed by atoms with E-state index in [1.807, 2.05) is 0 Å². The average Bonchev–Trinajstić information content (AvgIpc) is 2.23. The standard InChI is InChI=1S/C12H13F4OP/c1-7(11(14)5-17-6-11)9-3-2-8(4-10(9)13)12(15,16)18/h2-4,7H,5-6,18H2,1H3. The smallest absolute Gasteiger partial charge is 0.283 e. The van der Waals surface area contributed by atoms with Gasteiger partial charge in [-0.3, -0.25) is 0 Å². The van der Waals surface area contributed by atoms with E-state index < -0.39 is 28.6 Å². The van der Waals surface area contributed by atoms with Crippen molar-refractivity contribution in [3.8, 4) is 0 Å². The molecule has 0 aliphatic carbocycles. The molecule has 1 saturated heterocycles. The molecular formula is C12H13F4OP. The summed E-state index contributed by atoms with van der Waals surface area (Å²) in [5, 5.41) is 0. The van der Waals surface area contributed by atoms with Crippen molar-refractivity contribution in [3.63, 3.8) is 0 Å². The number of rotatable bonds is 3. The summed E-state index contributed by atoms with van der Waals surface area (Å²) in [4.78, 5) is 0. The molecule has 0 N–H and O–H groups in total. The van der Waals surface area contributed by atoms with Gasteiger partial charge in [0.1, 0.15) is 5.82 Å². The maximum absolute atomic E-state index is 14.1. The van der Waals surface area contributed by atoms with Crippen LogP contribution in [0.1, 0.15) is 24.0 Å². The molecule has 0 saturated carbocycles. The van der Waals surface area contributed by atoms with Gasteiger partial charge in [0.15, 0.2) is 5.67 Å². The average molecular weight is 280 g/mol. The summed E-state index contributed by atoms with van der Waals surface area (Å²) in [6.07, 6.45) is 0. The van der Waals surface area contributed by atoms with E-state index >= 15 is 0 Å². The number of ether oxygens (including phenoxy) is 1. The van der Waals surface area contributed by atoms with Crippen LogP contribution in [0.4, 0.5) is 17.6 Å². The quantitative estimate of drug-likeness (QED) is 0.607. The van der Waals surface area contributed by atoms with Crippen LogP contribution in [-0.2, 0) is 10.4 Å². The first-order valence-electron chi connectivity index (χ1n) is 5.47. The van der Waals surface area contributed by atoms with Crippen LogP contribution in [0.15, 0.2) is 18.2 Å². The Morgan fingerprint density at radius 3 is 2.39 bits per heavy atom. The van der Waals surface area contributed by atoms with E-state index in [0.717, 1.165) is 12.1 Å². The molecule has 18 heavy (non-hydrogen) atoms. The molecule has 0 radical (unpaired) electrons. The Morgan fingerprint density at radius 1 is 1.39 bits per heavy atom. The van der Waals surface area contributed by atoms with Crippen molar-refractivity contribution in [2.24, 2.45) is 0 Å². The summed E-state index contributed by atoms with van der Waals surface area (Å²) in [7, 11) is 1.34. The number of halogens is 4. The zero-order valence-electron chi connectivity index (χ0n) is 9.72. The third-order valence-corrected chi connectivity index (χ3v) is 3.65. The Kier molecular flexibility index (Phi) is 3.41. The predicted molar refractivity (Wildman–Crippen MR) is 63.1 cm³/mol. The molecule has 100 valence electrons. The van der Waals surface area contributed by atoms with Gasteiger partial charge in [0, 0.05) is 11.5 Å². The first-order valence-corrected chi connectivity index (χ1v) is 6.05. The first kappa shape index (κ1) is 13.8. The third-order valence-electron chi connectivity index (χ3n) is 3.31. The molecule has 0 amide bonds. The fraction of sp³-hybridized carbons (Fsp3) is 0.500. The highest BCUT2D eigenvalue weighted by atomic mass is 31.0. The van der Waals surface area contributed by atoms with Crippen LogP contribution in [0.2, 0.25) is 0 Å². The Bertz CT molecular complexity index is 454. The summed E-state index contributed by atoms with van der Waals surface area (Å²) < 4.78 is 58.6. The van der Waals surface area contributed by atoms with Crippen LogP contribution in [0, 0.1) is 5.82 Å². The van der Waals surface area contributed by atoms with Crippen molar-refractivity contribution >= 4 is 9.24 Å². The molecule has 1 aliphatic rings. The number of alkyl halides is 3. The molecule has 6 heteroatoms. The fourth-order valence-corrected chi connectivity index (χ4v) is 2.09. The van der Waals surface area contributed by atoms with Gasteiger partial charge in [-0.15, -0.1) is 0 Å². The summed E-state index contributed by atoms with van der Waals surface area (Å²) in [6, 6.07) is 3.08. The minimum Gasteiger partial charge on any atom is -0.375 e. The molecule has 2 rings (SSSR count). The van der Waals surface area contributed by atoms with Crippen LogP contribution in [0.25, 0.3) is 0 Å². The minimum absolute atomic E-state index is 0.0881. The zero-order chi connectivity index (χ0) is 13.6. The second-order valence-electron chi connectivity index (χ2n) is 4.61. The highest BCUT2D eigenvalue weighted by Gasteiger charge is 2.45. The fourth-order valence-electron chi connectivity index (χ4n) is 1.91. The number of hydrogen-bond acceptors (Lipinski definition) is 1. The van der Waals surface area contributed by atoms with Gasteiger partial charge in [-0.05, 0) is 11.6 Å². The van der Waals surface area contributed by atoms with Gasteiger partial charge < -0.3 is 4.74 Å². The van der Waals surface area contributed by atoms with Crippen molar-refractivity contribution in [3.05, 3.63) is 35.1 Å². The van der Waals surface area contributed by atoms with Gasteiger partial charge in [0.2, 0.25) is 0 Å².